The van der Waals surface area contributed by atoms with Crippen molar-refractivity contribution in [3.05, 3.63) is 78.4 Å². The third-order valence-electron chi connectivity index (χ3n) is 5.48. The van der Waals surface area contributed by atoms with Crippen molar-refractivity contribution >= 4 is 23.4 Å². The van der Waals surface area contributed by atoms with Gasteiger partial charge in [0.2, 0.25) is 0 Å². The first kappa shape index (κ1) is 23.2. The van der Waals surface area contributed by atoms with E-state index >= 15 is 0 Å². The van der Waals surface area contributed by atoms with E-state index in [0.29, 0.717) is 18.8 Å². The molecule has 0 fully saturated rings. The van der Waals surface area contributed by atoms with Crippen LogP contribution in [0.2, 0.25) is 0 Å². The Morgan fingerprint density at radius 2 is 1.67 bits per heavy atom. The molecule has 0 bridgehead atoms. The fourth-order valence-corrected chi connectivity index (χ4v) is 4.98. The maximum absolute atomic E-state index is 13.4. The molecule has 33 heavy (non-hydrogen) atoms. The Morgan fingerprint density at radius 3 is 2.33 bits per heavy atom. The molecule has 2 atom stereocenters. The minimum atomic E-state index is -1.18. The second-order valence-electron chi connectivity index (χ2n) is 8.09. The smallest absolute Gasteiger partial charge is 0.257 e. The Morgan fingerprint density at radius 1 is 0.970 bits per heavy atom. The number of aliphatic hydroxyl groups is 1. The van der Waals surface area contributed by atoms with Gasteiger partial charge in [-0.05, 0) is 62.1 Å². The molecule has 0 radical (unpaired) electrons. The molecule has 0 spiro atoms. The summed E-state index contributed by atoms with van der Waals surface area (Å²) < 4.78 is 11.3. The molecule has 0 unspecified atom stereocenters. The Labute approximate surface area is 198 Å². The van der Waals surface area contributed by atoms with Crippen molar-refractivity contribution in [3.63, 3.8) is 0 Å². The lowest BCUT2D eigenvalue weighted by Crippen LogP contribution is -2.43. The number of methoxy groups -OCH3 is 1. The molecule has 1 amide bonds. The van der Waals surface area contributed by atoms with Crippen molar-refractivity contribution in [2.75, 3.05) is 39.2 Å². The standard InChI is InChI=1S/C26H28N2O4S/c1-27(2)15-16-28-22-14-13-21(32-20-7-5-4-6-8-20)17-23(22)33-25(24(29)26(28)30)18-9-11-19(31-3)12-10-18/h4-14,17,24-25,29H,15-16H2,1-3H3/t24-,25+/m0/s1. The summed E-state index contributed by atoms with van der Waals surface area (Å²) in [5, 5.41) is 10.7. The summed E-state index contributed by atoms with van der Waals surface area (Å²) in [4.78, 5) is 18.0. The number of anilines is 1. The van der Waals surface area contributed by atoms with E-state index in [4.69, 9.17) is 9.47 Å². The molecule has 6 nitrogen and oxygen atoms in total. The zero-order valence-corrected chi connectivity index (χ0v) is 19.8. The van der Waals surface area contributed by atoms with Crippen LogP contribution in [0.4, 0.5) is 5.69 Å². The number of carbonyl (C=O) groups excluding carboxylic acids is 1. The number of carbonyl (C=O) groups is 1. The highest BCUT2D eigenvalue weighted by atomic mass is 32.2. The normalized spacial score (nSPS) is 18.1. The van der Waals surface area contributed by atoms with E-state index in [1.807, 2.05) is 91.8 Å². The van der Waals surface area contributed by atoms with E-state index in [9.17, 15) is 9.90 Å². The number of nitrogens with zero attached hydrogens (tertiary/aromatic N) is 2. The molecule has 7 heteroatoms. The molecule has 3 aromatic rings. The zero-order valence-electron chi connectivity index (χ0n) is 19.0. The second kappa shape index (κ2) is 10.3. The highest BCUT2D eigenvalue weighted by Crippen LogP contribution is 2.47. The number of hydrogen-bond acceptors (Lipinski definition) is 6. The summed E-state index contributed by atoms with van der Waals surface area (Å²) in [6.45, 7) is 1.16. The van der Waals surface area contributed by atoms with Gasteiger partial charge in [-0.25, -0.2) is 0 Å². The largest absolute Gasteiger partial charge is 0.497 e. The van der Waals surface area contributed by atoms with E-state index in [0.717, 1.165) is 27.6 Å². The average Bonchev–Trinajstić information content (AvgIpc) is 2.93. The number of thioether (sulfide) groups is 1. The van der Waals surface area contributed by atoms with Crippen LogP contribution in [0.5, 0.6) is 17.2 Å². The summed E-state index contributed by atoms with van der Waals surface area (Å²) >= 11 is 1.47. The Balaban J connectivity index is 1.72. The predicted molar refractivity (Wildman–Crippen MR) is 131 cm³/mol. The third kappa shape index (κ3) is 5.33. The molecule has 1 aliphatic heterocycles. The highest BCUT2D eigenvalue weighted by molar-refractivity contribution is 7.99. The topological polar surface area (TPSA) is 62.2 Å². The van der Waals surface area contributed by atoms with Crippen molar-refractivity contribution in [2.24, 2.45) is 0 Å². The minimum absolute atomic E-state index is 0.305. The molecule has 1 N–H and O–H groups in total. The molecule has 0 aromatic heterocycles. The molecule has 4 rings (SSSR count). The summed E-state index contributed by atoms with van der Waals surface area (Å²) in [5.74, 6) is 1.84. The fraction of sp³-hybridized carbons (Fsp3) is 0.269. The van der Waals surface area contributed by atoms with Gasteiger partial charge in [0.25, 0.3) is 5.91 Å². The third-order valence-corrected chi connectivity index (χ3v) is 6.84. The summed E-state index contributed by atoms with van der Waals surface area (Å²) in [6.07, 6.45) is -1.18. The molecule has 172 valence electrons. The number of aliphatic hydroxyl groups excluding tert-OH is 1. The van der Waals surface area contributed by atoms with Gasteiger partial charge in [0, 0.05) is 18.0 Å². The number of ether oxygens (including phenoxy) is 2. The minimum Gasteiger partial charge on any atom is -0.497 e. The van der Waals surface area contributed by atoms with Crippen LogP contribution < -0.4 is 14.4 Å². The van der Waals surface area contributed by atoms with Gasteiger partial charge in [-0.15, -0.1) is 11.8 Å². The monoisotopic (exact) mass is 464 g/mol. The number of likely N-dealkylation sites (N-methyl/N-ethyl adjacent to an activating group) is 1. The van der Waals surface area contributed by atoms with Crippen LogP contribution in [0.25, 0.3) is 0 Å². The molecule has 0 saturated carbocycles. The van der Waals surface area contributed by atoms with Crippen LogP contribution in [0.1, 0.15) is 10.8 Å². The van der Waals surface area contributed by atoms with E-state index in [1.54, 1.807) is 12.0 Å². The summed E-state index contributed by atoms with van der Waals surface area (Å²) in [6, 6.07) is 22.8. The first-order chi connectivity index (χ1) is 16.0. The maximum atomic E-state index is 13.4. The highest BCUT2D eigenvalue weighted by Gasteiger charge is 2.37. The van der Waals surface area contributed by atoms with Gasteiger partial charge >= 0.3 is 0 Å². The Kier molecular flexibility index (Phi) is 7.23. The van der Waals surface area contributed by atoms with Gasteiger partial charge in [0.05, 0.1) is 18.0 Å². The van der Waals surface area contributed by atoms with Crippen molar-refractivity contribution in [1.29, 1.82) is 0 Å². The fourth-order valence-electron chi connectivity index (χ4n) is 3.68. The number of benzene rings is 3. The number of rotatable bonds is 7. The number of para-hydroxylation sites is 1. The van der Waals surface area contributed by atoms with Crippen molar-refractivity contribution < 1.29 is 19.4 Å². The zero-order chi connectivity index (χ0) is 23.4. The van der Waals surface area contributed by atoms with Gasteiger partial charge in [-0.2, -0.15) is 0 Å². The van der Waals surface area contributed by atoms with Crippen molar-refractivity contribution in [3.8, 4) is 17.2 Å². The van der Waals surface area contributed by atoms with Crippen molar-refractivity contribution in [1.82, 2.24) is 4.90 Å². The average molecular weight is 465 g/mol. The second-order valence-corrected chi connectivity index (χ2v) is 9.28. The molecule has 1 heterocycles. The number of amides is 1. The lowest BCUT2D eigenvalue weighted by Gasteiger charge is -2.26. The predicted octanol–water partition coefficient (Wildman–Crippen LogP) is 4.59. The van der Waals surface area contributed by atoms with Gasteiger partial charge in [0.1, 0.15) is 23.4 Å². The first-order valence-electron chi connectivity index (χ1n) is 10.8. The van der Waals surface area contributed by atoms with Gasteiger partial charge < -0.3 is 24.4 Å². The SMILES string of the molecule is COc1ccc([C@H]2Sc3cc(Oc4ccccc4)ccc3N(CCN(C)C)C(=O)[C@H]2O)cc1. The summed E-state index contributed by atoms with van der Waals surface area (Å²) in [5.41, 5.74) is 1.64. The first-order valence-corrected chi connectivity index (χ1v) is 11.7. The van der Waals surface area contributed by atoms with E-state index < -0.39 is 11.4 Å². The lowest BCUT2D eigenvalue weighted by molar-refractivity contribution is -0.126. The van der Waals surface area contributed by atoms with Gasteiger partial charge in [-0.1, -0.05) is 30.3 Å². The number of fused-ring (bicyclic) bond motifs is 1. The lowest BCUT2D eigenvalue weighted by atomic mass is 10.1. The summed E-state index contributed by atoms with van der Waals surface area (Å²) in [7, 11) is 5.54. The quantitative estimate of drug-likeness (QED) is 0.552. The maximum Gasteiger partial charge on any atom is 0.257 e. The molecule has 1 aliphatic rings. The number of hydrogen-bond donors (Lipinski definition) is 1. The Hall–Kier alpha value is -3.00. The van der Waals surface area contributed by atoms with Crippen LogP contribution >= 0.6 is 11.8 Å². The molecular weight excluding hydrogens is 436 g/mol. The molecule has 0 saturated heterocycles. The van der Waals surface area contributed by atoms with Crippen LogP contribution in [-0.4, -0.2) is 56.3 Å². The van der Waals surface area contributed by atoms with Crippen LogP contribution in [0.15, 0.2) is 77.7 Å². The molecule has 0 aliphatic carbocycles. The van der Waals surface area contributed by atoms with E-state index in [2.05, 4.69) is 0 Å². The van der Waals surface area contributed by atoms with Crippen LogP contribution in [0, 0.1) is 0 Å². The molecule has 3 aromatic carbocycles. The van der Waals surface area contributed by atoms with Crippen LogP contribution in [-0.2, 0) is 4.79 Å². The van der Waals surface area contributed by atoms with Gasteiger partial charge in [-0.3, -0.25) is 4.79 Å². The van der Waals surface area contributed by atoms with Crippen LogP contribution in [0.3, 0.4) is 0 Å². The molecular formula is C26H28N2O4S. The van der Waals surface area contributed by atoms with Gasteiger partial charge in [0.15, 0.2) is 0 Å². The van der Waals surface area contributed by atoms with E-state index in [-0.39, 0.29) is 5.91 Å². The Bertz CT molecular complexity index is 1090. The van der Waals surface area contributed by atoms with E-state index in [1.165, 1.54) is 11.8 Å². The van der Waals surface area contributed by atoms with Crippen molar-refractivity contribution in [2.45, 2.75) is 16.2 Å².